The van der Waals surface area contributed by atoms with Gasteiger partial charge >= 0.3 is 11.9 Å². The summed E-state index contributed by atoms with van der Waals surface area (Å²) in [6.45, 7) is 3.39. The SMILES string of the molecule is O=C(O)Cn1cc([C@@H](C(=O)O)N2CCN(Cc3ccncc3)CC2)c2ccccc21. The van der Waals surface area contributed by atoms with Crippen LogP contribution in [0.5, 0.6) is 0 Å². The van der Waals surface area contributed by atoms with E-state index in [1.54, 1.807) is 23.2 Å². The van der Waals surface area contributed by atoms with Gasteiger partial charge < -0.3 is 14.8 Å². The van der Waals surface area contributed by atoms with Gasteiger partial charge in [0.2, 0.25) is 0 Å². The summed E-state index contributed by atoms with van der Waals surface area (Å²) >= 11 is 0. The van der Waals surface area contributed by atoms with Crippen LogP contribution in [0.3, 0.4) is 0 Å². The number of benzene rings is 1. The third kappa shape index (κ3) is 4.19. The number of fused-ring (bicyclic) bond motifs is 1. The molecule has 0 aliphatic carbocycles. The molecule has 1 aliphatic heterocycles. The van der Waals surface area contributed by atoms with Crippen LogP contribution < -0.4 is 0 Å². The van der Waals surface area contributed by atoms with Gasteiger partial charge in [-0.3, -0.25) is 24.4 Å². The Labute approximate surface area is 174 Å². The van der Waals surface area contributed by atoms with E-state index in [0.717, 1.165) is 30.5 Å². The molecule has 4 rings (SSSR count). The number of carbonyl (C=O) groups is 2. The van der Waals surface area contributed by atoms with Crippen LogP contribution in [0.2, 0.25) is 0 Å². The molecule has 0 saturated carbocycles. The standard InChI is InChI=1S/C22H24N4O4/c27-20(28)15-26-14-18(17-3-1-2-4-19(17)26)21(22(29)30)25-11-9-24(10-12-25)13-16-5-7-23-8-6-16/h1-8,14,21H,9-13,15H2,(H,27,28)(H,29,30)/t21-/m0/s1. The van der Waals surface area contributed by atoms with Crippen LogP contribution in [0, 0.1) is 0 Å². The summed E-state index contributed by atoms with van der Waals surface area (Å²) in [4.78, 5) is 31.8. The molecule has 3 heterocycles. The number of carboxylic acids is 2. The fraction of sp³-hybridized carbons (Fsp3) is 0.318. The van der Waals surface area contributed by atoms with Gasteiger partial charge in [-0.05, 0) is 23.8 Å². The predicted molar refractivity (Wildman–Crippen MR) is 111 cm³/mol. The Morgan fingerprint density at radius 1 is 1.00 bits per heavy atom. The molecule has 1 atom stereocenters. The number of aromatic nitrogens is 2. The summed E-state index contributed by atoms with van der Waals surface area (Å²) in [6, 6.07) is 10.5. The highest BCUT2D eigenvalue weighted by Gasteiger charge is 2.32. The Kier molecular flexibility index (Phi) is 5.78. The average molecular weight is 408 g/mol. The van der Waals surface area contributed by atoms with Crippen LogP contribution in [0.1, 0.15) is 17.2 Å². The molecule has 3 aromatic rings. The van der Waals surface area contributed by atoms with Gasteiger partial charge in [-0.1, -0.05) is 18.2 Å². The number of rotatable bonds is 7. The van der Waals surface area contributed by atoms with Gasteiger partial charge in [-0.2, -0.15) is 0 Å². The zero-order valence-corrected chi connectivity index (χ0v) is 16.5. The van der Waals surface area contributed by atoms with Crippen molar-refractivity contribution in [2.45, 2.75) is 19.1 Å². The van der Waals surface area contributed by atoms with Crippen molar-refractivity contribution in [1.29, 1.82) is 0 Å². The summed E-state index contributed by atoms with van der Waals surface area (Å²) in [5.74, 6) is -1.88. The summed E-state index contributed by atoms with van der Waals surface area (Å²) in [6.07, 6.45) is 5.23. The van der Waals surface area contributed by atoms with E-state index in [1.807, 2.05) is 41.3 Å². The summed E-state index contributed by atoms with van der Waals surface area (Å²) < 4.78 is 1.61. The van der Waals surface area contributed by atoms with E-state index in [2.05, 4.69) is 9.88 Å². The third-order valence-corrected chi connectivity index (χ3v) is 5.58. The molecule has 0 radical (unpaired) electrons. The van der Waals surface area contributed by atoms with E-state index in [0.29, 0.717) is 18.7 Å². The molecule has 8 heteroatoms. The Morgan fingerprint density at radius 3 is 2.37 bits per heavy atom. The van der Waals surface area contributed by atoms with Gasteiger partial charge in [0.1, 0.15) is 12.6 Å². The van der Waals surface area contributed by atoms with E-state index >= 15 is 0 Å². The smallest absolute Gasteiger partial charge is 0.325 e. The monoisotopic (exact) mass is 408 g/mol. The van der Waals surface area contributed by atoms with Crippen LogP contribution in [0.25, 0.3) is 10.9 Å². The zero-order chi connectivity index (χ0) is 21.1. The Hall–Kier alpha value is -3.23. The molecule has 1 aromatic carbocycles. The van der Waals surface area contributed by atoms with Gasteiger partial charge in [-0.15, -0.1) is 0 Å². The largest absolute Gasteiger partial charge is 0.480 e. The molecule has 1 saturated heterocycles. The Bertz CT molecular complexity index is 1040. The van der Waals surface area contributed by atoms with Crippen molar-refractivity contribution < 1.29 is 19.8 Å². The number of para-hydroxylation sites is 1. The van der Waals surface area contributed by atoms with Gasteiger partial charge in [0.15, 0.2) is 0 Å². The van der Waals surface area contributed by atoms with Crippen molar-refractivity contribution in [2.24, 2.45) is 0 Å². The lowest BCUT2D eigenvalue weighted by Crippen LogP contribution is -2.48. The second-order valence-electron chi connectivity index (χ2n) is 7.53. The molecule has 30 heavy (non-hydrogen) atoms. The molecule has 1 fully saturated rings. The normalized spacial score (nSPS) is 16.5. The number of hydrogen-bond donors (Lipinski definition) is 2. The highest BCUT2D eigenvalue weighted by molar-refractivity contribution is 5.90. The average Bonchev–Trinajstić information content (AvgIpc) is 3.08. The number of aliphatic carboxylic acids is 2. The molecule has 156 valence electrons. The first-order valence-corrected chi connectivity index (χ1v) is 9.90. The van der Waals surface area contributed by atoms with E-state index < -0.39 is 18.0 Å². The number of hydrogen-bond acceptors (Lipinski definition) is 5. The molecular formula is C22H24N4O4. The van der Waals surface area contributed by atoms with Crippen LogP contribution in [0.4, 0.5) is 0 Å². The molecule has 1 aliphatic rings. The van der Waals surface area contributed by atoms with Crippen molar-refractivity contribution in [3.05, 3.63) is 66.1 Å². The van der Waals surface area contributed by atoms with E-state index in [-0.39, 0.29) is 6.54 Å². The minimum absolute atomic E-state index is 0.202. The second-order valence-corrected chi connectivity index (χ2v) is 7.53. The van der Waals surface area contributed by atoms with Crippen molar-refractivity contribution in [3.63, 3.8) is 0 Å². The number of pyridine rings is 1. The number of piperazine rings is 1. The molecule has 2 N–H and O–H groups in total. The number of nitrogens with zero attached hydrogens (tertiary/aromatic N) is 4. The molecular weight excluding hydrogens is 384 g/mol. The maximum Gasteiger partial charge on any atom is 0.325 e. The van der Waals surface area contributed by atoms with Crippen LogP contribution >= 0.6 is 0 Å². The highest BCUT2D eigenvalue weighted by Crippen LogP contribution is 2.31. The molecule has 0 unspecified atom stereocenters. The predicted octanol–water partition coefficient (Wildman–Crippen LogP) is 2.06. The topological polar surface area (TPSA) is 98.9 Å². The van der Waals surface area contributed by atoms with Gasteiger partial charge in [0, 0.05) is 67.8 Å². The first kappa shape index (κ1) is 20.1. The Balaban J connectivity index is 1.55. The maximum absolute atomic E-state index is 12.3. The van der Waals surface area contributed by atoms with Gasteiger partial charge in [-0.25, -0.2) is 0 Å². The van der Waals surface area contributed by atoms with Crippen molar-refractivity contribution >= 4 is 22.8 Å². The van der Waals surface area contributed by atoms with Crippen molar-refractivity contribution in [2.75, 3.05) is 26.2 Å². The lowest BCUT2D eigenvalue weighted by molar-refractivity contribution is -0.144. The summed E-state index contributed by atoms with van der Waals surface area (Å²) in [5, 5.41) is 20.1. The summed E-state index contributed by atoms with van der Waals surface area (Å²) in [5.41, 5.74) is 2.56. The minimum Gasteiger partial charge on any atom is -0.480 e. The van der Waals surface area contributed by atoms with Gasteiger partial charge in [0.05, 0.1) is 0 Å². The van der Waals surface area contributed by atoms with Crippen molar-refractivity contribution in [1.82, 2.24) is 19.4 Å². The zero-order valence-electron chi connectivity index (χ0n) is 16.5. The van der Waals surface area contributed by atoms with E-state index in [4.69, 9.17) is 0 Å². The second kappa shape index (κ2) is 8.64. The Morgan fingerprint density at radius 2 is 1.70 bits per heavy atom. The van der Waals surface area contributed by atoms with Crippen LogP contribution in [-0.4, -0.2) is 67.7 Å². The highest BCUT2D eigenvalue weighted by atomic mass is 16.4. The maximum atomic E-state index is 12.3. The van der Waals surface area contributed by atoms with Gasteiger partial charge in [0.25, 0.3) is 0 Å². The molecule has 2 aromatic heterocycles. The lowest BCUT2D eigenvalue weighted by atomic mass is 10.0. The van der Waals surface area contributed by atoms with Crippen LogP contribution in [-0.2, 0) is 22.7 Å². The third-order valence-electron chi connectivity index (χ3n) is 5.58. The first-order valence-electron chi connectivity index (χ1n) is 9.90. The van der Waals surface area contributed by atoms with Crippen LogP contribution in [0.15, 0.2) is 55.0 Å². The van der Waals surface area contributed by atoms with E-state index in [9.17, 15) is 19.8 Å². The molecule has 0 amide bonds. The number of carboxylic acid groups (broad SMARTS) is 2. The summed E-state index contributed by atoms with van der Waals surface area (Å²) in [7, 11) is 0. The fourth-order valence-electron chi connectivity index (χ4n) is 4.18. The van der Waals surface area contributed by atoms with Crippen molar-refractivity contribution in [3.8, 4) is 0 Å². The quantitative estimate of drug-likeness (QED) is 0.617. The lowest BCUT2D eigenvalue weighted by Gasteiger charge is -2.37. The minimum atomic E-state index is -0.959. The molecule has 8 nitrogen and oxygen atoms in total. The first-order chi connectivity index (χ1) is 14.5. The molecule has 0 bridgehead atoms. The molecule has 0 spiro atoms. The fourth-order valence-corrected chi connectivity index (χ4v) is 4.18. The van der Waals surface area contributed by atoms with E-state index in [1.165, 1.54) is 5.56 Å².